The molecular weight excluding hydrogens is 418 g/mol. The predicted octanol–water partition coefficient (Wildman–Crippen LogP) is 3.07. The molecule has 0 aliphatic carbocycles. The van der Waals surface area contributed by atoms with Gasteiger partial charge in [-0.05, 0) is 30.5 Å². The summed E-state index contributed by atoms with van der Waals surface area (Å²) in [4.78, 5) is 47.9. The molecule has 10 heteroatoms. The molecule has 0 aliphatic rings. The van der Waals surface area contributed by atoms with Crippen LogP contribution >= 0.6 is 11.3 Å². The highest BCUT2D eigenvalue weighted by atomic mass is 32.1. The summed E-state index contributed by atoms with van der Waals surface area (Å²) in [5.74, 6) is -4.12. The van der Waals surface area contributed by atoms with Gasteiger partial charge in [0.25, 0.3) is 5.91 Å². The van der Waals surface area contributed by atoms with Crippen LogP contribution in [0.4, 0.5) is 14.5 Å². The normalized spacial score (nSPS) is 11.4. The molecule has 0 saturated heterocycles. The molecule has 0 radical (unpaired) electrons. The second kappa shape index (κ2) is 11.1. The third-order valence-corrected chi connectivity index (χ3v) is 4.83. The highest BCUT2D eigenvalue weighted by Gasteiger charge is 2.21. The fourth-order valence-electron chi connectivity index (χ4n) is 2.33. The molecule has 1 heterocycles. The number of halogens is 2. The summed E-state index contributed by atoms with van der Waals surface area (Å²) in [6.45, 7) is 1.21. The Morgan fingerprint density at radius 1 is 1.03 bits per heavy atom. The molecule has 2 rings (SSSR count). The molecule has 0 spiro atoms. The van der Waals surface area contributed by atoms with Crippen LogP contribution in [0.3, 0.4) is 0 Å². The van der Waals surface area contributed by atoms with Gasteiger partial charge in [0.15, 0.2) is 11.9 Å². The number of carbonyl (C=O) groups excluding carboxylic acids is 4. The molecule has 160 valence electrons. The van der Waals surface area contributed by atoms with E-state index in [1.165, 1.54) is 18.3 Å². The quantitative estimate of drug-likeness (QED) is 0.439. The second-order valence-electron chi connectivity index (χ2n) is 6.22. The van der Waals surface area contributed by atoms with E-state index in [0.29, 0.717) is 4.88 Å². The van der Waals surface area contributed by atoms with Crippen molar-refractivity contribution in [1.82, 2.24) is 5.32 Å². The van der Waals surface area contributed by atoms with Gasteiger partial charge < -0.3 is 15.4 Å². The minimum Gasteiger partial charge on any atom is -0.452 e. The number of carbonyl (C=O) groups is 4. The molecule has 2 N–H and O–H groups in total. The van der Waals surface area contributed by atoms with Gasteiger partial charge >= 0.3 is 5.97 Å². The fraction of sp³-hybridized carbons (Fsp3) is 0.300. The van der Waals surface area contributed by atoms with E-state index in [2.05, 4.69) is 5.32 Å². The van der Waals surface area contributed by atoms with Gasteiger partial charge in [-0.25, -0.2) is 8.78 Å². The Hall–Kier alpha value is -3.14. The minimum absolute atomic E-state index is 0.0151. The maximum atomic E-state index is 13.5. The van der Waals surface area contributed by atoms with E-state index in [0.717, 1.165) is 18.2 Å². The molecule has 1 aromatic carbocycles. The number of amides is 2. The lowest BCUT2D eigenvalue weighted by atomic mass is 10.2. The van der Waals surface area contributed by atoms with Crippen LogP contribution in [0.1, 0.15) is 35.9 Å². The highest BCUT2D eigenvalue weighted by molar-refractivity contribution is 7.12. The van der Waals surface area contributed by atoms with Crippen LogP contribution in [0.5, 0.6) is 0 Å². The second-order valence-corrected chi connectivity index (χ2v) is 7.17. The van der Waals surface area contributed by atoms with Crippen molar-refractivity contribution < 1.29 is 32.7 Å². The number of anilines is 1. The Bertz CT molecular complexity index is 898. The molecule has 1 atom stereocenters. The van der Waals surface area contributed by atoms with Crippen molar-refractivity contribution in [3.8, 4) is 0 Å². The van der Waals surface area contributed by atoms with Crippen molar-refractivity contribution in [2.45, 2.75) is 32.3 Å². The lowest BCUT2D eigenvalue weighted by Crippen LogP contribution is -2.32. The molecule has 0 saturated carbocycles. The molecule has 2 amide bonds. The van der Waals surface area contributed by atoms with Crippen molar-refractivity contribution in [1.29, 1.82) is 0 Å². The van der Waals surface area contributed by atoms with Crippen molar-refractivity contribution in [2.75, 3.05) is 11.9 Å². The number of Topliss-reactive ketones (excluding diaryl/α,β-unsaturated/α-hetero) is 1. The summed E-state index contributed by atoms with van der Waals surface area (Å²) in [6.07, 6.45) is -1.47. The van der Waals surface area contributed by atoms with Crippen LogP contribution in [0.2, 0.25) is 0 Å². The Kier molecular flexibility index (Phi) is 8.60. The lowest BCUT2D eigenvalue weighted by molar-refractivity contribution is -0.153. The zero-order valence-electron chi connectivity index (χ0n) is 16.1. The molecule has 2 aromatic rings. The predicted molar refractivity (Wildman–Crippen MR) is 106 cm³/mol. The van der Waals surface area contributed by atoms with Gasteiger partial charge in [-0.15, -0.1) is 11.3 Å². The van der Waals surface area contributed by atoms with Gasteiger partial charge in [0.2, 0.25) is 5.91 Å². The first-order valence-corrected chi connectivity index (χ1v) is 9.93. The number of ketones is 1. The maximum absolute atomic E-state index is 13.5. The molecular formula is C20H20F2N2O5S. The third kappa shape index (κ3) is 7.03. The van der Waals surface area contributed by atoms with Crippen molar-refractivity contribution >= 4 is 40.6 Å². The van der Waals surface area contributed by atoms with E-state index in [1.54, 1.807) is 17.5 Å². The lowest BCUT2D eigenvalue weighted by Gasteiger charge is -2.14. The monoisotopic (exact) mass is 438 g/mol. The van der Waals surface area contributed by atoms with E-state index < -0.39 is 41.2 Å². The number of benzene rings is 1. The van der Waals surface area contributed by atoms with Crippen LogP contribution in [-0.4, -0.2) is 36.2 Å². The van der Waals surface area contributed by atoms with Crippen LogP contribution in [-0.2, 0) is 19.1 Å². The molecule has 7 nitrogen and oxygen atoms in total. The topological polar surface area (TPSA) is 102 Å². The Balaban J connectivity index is 1.67. The zero-order valence-corrected chi connectivity index (χ0v) is 16.9. The highest BCUT2D eigenvalue weighted by Crippen LogP contribution is 2.18. The minimum atomic E-state index is -1.30. The number of esters is 1. The fourth-order valence-corrected chi connectivity index (χ4v) is 3.03. The smallest absolute Gasteiger partial charge is 0.308 e. The van der Waals surface area contributed by atoms with E-state index in [9.17, 15) is 28.0 Å². The summed E-state index contributed by atoms with van der Waals surface area (Å²) in [5.41, 5.74) is -0.630. The number of rotatable bonds is 10. The first-order valence-electron chi connectivity index (χ1n) is 9.05. The van der Waals surface area contributed by atoms with Gasteiger partial charge in [-0.1, -0.05) is 12.1 Å². The van der Waals surface area contributed by atoms with Gasteiger partial charge in [-0.2, -0.15) is 0 Å². The Morgan fingerprint density at radius 3 is 2.37 bits per heavy atom. The summed E-state index contributed by atoms with van der Waals surface area (Å²) in [6, 6.07) is 6.53. The van der Waals surface area contributed by atoms with E-state index in [1.807, 2.05) is 5.32 Å². The molecule has 1 unspecified atom stereocenters. The zero-order chi connectivity index (χ0) is 22.1. The average molecular weight is 438 g/mol. The van der Waals surface area contributed by atoms with Gasteiger partial charge in [-0.3, -0.25) is 19.2 Å². The summed E-state index contributed by atoms with van der Waals surface area (Å²) < 4.78 is 32.0. The van der Waals surface area contributed by atoms with Crippen LogP contribution < -0.4 is 10.6 Å². The van der Waals surface area contributed by atoms with Crippen molar-refractivity contribution in [3.05, 3.63) is 52.2 Å². The molecule has 0 aliphatic heterocycles. The first kappa shape index (κ1) is 23.1. The average Bonchev–Trinajstić information content (AvgIpc) is 3.23. The number of nitrogens with one attached hydrogen (secondary N) is 2. The van der Waals surface area contributed by atoms with Crippen LogP contribution in [0.25, 0.3) is 0 Å². The van der Waals surface area contributed by atoms with Crippen molar-refractivity contribution in [2.24, 2.45) is 0 Å². The van der Waals surface area contributed by atoms with E-state index >= 15 is 0 Å². The molecule has 0 bridgehead atoms. The van der Waals surface area contributed by atoms with Gasteiger partial charge in [0.05, 0.1) is 11.3 Å². The van der Waals surface area contributed by atoms with Gasteiger partial charge in [0.1, 0.15) is 17.3 Å². The van der Waals surface area contributed by atoms with Crippen LogP contribution in [0.15, 0.2) is 35.7 Å². The SMILES string of the molecule is CC(OC(=O)CCNC(=O)CCC(=O)c1cccs1)C(=O)Nc1c(F)cccc1F. The maximum Gasteiger partial charge on any atom is 0.308 e. The van der Waals surface area contributed by atoms with Crippen LogP contribution in [0, 0.1) is 11.6 Å². The summed E-state index contributed by atoms with van der Waals surface area (Å²) in [5, 5.41) is 6.28. The van der Waals surface area contributed by atoms with Gasteiger partial charge in [0, 0.05) is 19.4 Å². The first-order chi connectivity index (χ1) is 14.3. The Morgan fingerprint density at radius 2 is 1.73 bits per heavy atom. The standard InChI is InChI=1S/C20H20F2N2O5S/c1-12(20(28)24-19-13(21)4-2-5-14(19)22)29-18(27)9-10-23-17(26)8-7-15(25)16-6-3-11-30-16/h2-6,11-12H,7-10H2,1H3,(H,23,26)(H,24,28). The largest absolute Gasteiger partial charge is 0.452 e. The van der Waals surface area contributed by atoms with E-state index in [4.69, 9.17) is 4.74 Å². The summed E-state index contributed by atoms with van der Waals surface area (Å²) >= 11 is 1.30. The molecule has 1 aromatic heterocycles. The van der Waals surface area contributed by atoms with E-state index in [-0.39, 0.29) is 31.6 Å². The molecule has 0 fully saturated rings. The number of ether oxygens (including phenoxy) is 1. The van der Waals surface area contributed by atoms with Crippen molar-refractivity contribution in [3.63, 3.8) is 0 Å². The third-order valence-electron chi connectivity index (χ3n) is 3.91. The number of thiophene rings is 1. The molecule has 30 heavy (non-hydrogen) atoms. The number of hydrogen-bond donors (Lipinski definition) is 2. The Labute approximate surface area is 175 Å². The number of hydrogen-bond acceptors (Lipinski definition) is 6. The summed E-state index contributed by atoms with van der Waals surface area (Å²) in [7, 11) is 0. The number of para-hydroxylation sites is 1.